The summed E-state index contributed by atoms with van der Waals surface area (Å²) >= 11 is 1.41. The van der Waals surface area contributed by atoms with Crippen molar-refractivity contribution in [1.29, 1.82) is 0 Å². The minimum atomic E-state index is -0.0502. The Balaban J connectivity index is 1.57. The third-order valence-corrected chi connectivity index (χ3v) is 4.55. The van der Waals surface area contributed by atoms with Gasteiger partial charge in [-0.05, 0) is 23.8 Å². The van der Waals surface area contributed by atoms with Crippen molar-refractivity contribution in [3.05, 3.63) is 34.5 Å². The Hall–Kier alpha value is -1.82. The molecular formula is C14H17N3O2S. The van der Waals surface area contributed by atoms with Crippen LogP contribution in [0.5, 0.6) is 5.75 Å². The third-order valence-electron chi connectivity index (χ3n) is 3.66. The number of ether oxygens (including phenoxy) is 1. The predicted octanol–water partition coefficient (Wildman–Crippen LogP) is 1.95. The van der Waals surface area contributed by atoms with Gasteiger partial charge in [-0.25, -0.2) is 4.98 Å². The van der Waals surface area contributed by atoms with E-state index in [9.17, 15) is 4.79 Å². The van der Waals surface area contributed by atoms with E-state index >= 15 is 0 Å². The summed E-state index contributed by atoms with van der Waals surface area (Å²) < 4.78 is 7.35. The lowest BCUT2D eigenvalue weighted by molar-refractivity contribution is 0.0946. The fourth-order valence-electron chi connectivity index (χ4n) is 2.53. The van der Waals surface area contributed by atoms with E-state index in [1.807, 2.05) is 23.8 Å². The van der Waals surface area contributed by atoms with Crippen molar-refractivity contribution in [3.63, 3.8) is 0 Å². The van der Waals surface area contributed by atoms with Gasteiger partial charge in [0.05, 0.1) is 7.11 Å². The van der Waals surface area contributed by atoms with Crippen molar-refractivity contribution >= 4 is 17.2 Å². The predicted molar refractivity (Wildman–Crippen MR) is 77.2 cm³/mol. The molecular weight excluding hydrogens is 274 g/mol. The Morgan fingerprint density at radius 3 is 3.40 bits per heavy atom. The highest BCUT2D eigenvalue weighted by Crippen LogP contribution is 2.24. The average molecular weight is 291 g/mol. The van der Waals surface area contributed by atoms with E-state index in [-0.39, 0.29) is 5.91 Å². The normalized spacial score (nSPS) is 17.6. The second kappa shape index (κ2) is 5.66. The number of amides is 1. The molecule has 0 unspecified atom stereocenters. The van der Waals surface area contributed by atoms with Crippen molar-refractivity contribution in [2.45, 2.75) is 19.4 Å². The summed E-state index contributed by atoms with van der Waals surface area (Å²) in [4.78, 5) is 17.1. The largest absolute Gasteiger partial charge is 0.495 e. The summed E-state index contributed by atoms with van der Waals surface area (Å²) in [5, 5.41) is 4.87. The molecule has 0 saturated carbocycles. The number of hydrogen-bond donors (Lipinski definition) is 1. The van der Waals surface area contributed by atoms with Gasteiger partial charge in [0.15, 0.2) is 0 Å². The van der Waals surface area contributed by atoms with Gasteiger partial charge in [0.25, 0.3) is 5.91 Å². The first-order valence-corrected chi connectivity index (χ1v) is 7.55. The first-order chi connectivity index (χ1) is 9.78. The summed E-state index contributed by atoms with van der Waals surface area (Å²) in [7, 11) is 1.58. The summed E-state index contributed by atoms with van der Waals surface area (Å²) in [5.41, 5.74) is 0. The Kier molecular flexibility index (Phi) is 3.73. The maximum atomic E-state index is 12.1. The lowest BCUT2D eigenvalue weighted by atomic mass is 9.98. The van der Waals surface area contributed by atoms with Crippen molar-refractivity contribution in [3.8, 4) is 5.75 Å². The van der Waals surface area contributed by atoms with E-state index in [4.69, 9.17) is 4.74 Å². The van der Waals surface area contributed by atoms with Crippen LogP contribution in [0.4, 0.5) is 0 Å². The molecule has 1 N–H and O–H groups in total. The number of aryl methyl sites for hydroxylation is 1. The lowest BCUT2D eigenvalue weighted by Gasteiger charge is -2.23. The highest BCUT2D eigenvalue weighted by Gasteiger charge is 2.21. The van der Waals surface area contributed by atoms with E-state index in [1.165, 1.54) is 11.3 Å². The van der Waals surface area contributed by atoms with Crippen LogP contribution in [-0.2, 0) is 13.0 Å². The molecule has 0 radical (unpaired) electrons. The molecule has 3 heterocycles. The van der Waals surface area contributed by atoms with Crippen LogP contribution < -0.4 is 10.1 Å². The van der Waals surface area contributed by atoms with Gasteiger partial charge in [-0.15, -0.1) is 11.3 Å². The Labute approximate surface area is 121 Å². The second-order valence-electron chi connectivity index (χ2n) is 4.92. The number of hydrogen-bond acceptors (Lipinski definition) is 4. The van der Waals surface area contributed by atoms with Crippen LogP contribution in [0.15, 0.2) is 23.8 Å². The van der Waals surface area contributed by atoms with Gasteiger partial charge in [-0.1, -0.05) is 0 Å². The van der Waals surface area contributed by atoms with Crippen LogP contribution in [0.3, 0.4) is 0 Å². The molecule has 20 heavy (non-hydrogen) atoms. The number of methoxy groups -OCH3 is 1. The fraction of sp³-hybridized carbons (Fsp3) is 0.429. The van der Waals surface area contributed by atoms with Crippen LogP contribution in [0.2, 0.25) is 0 Å². The van der Waals surface area contributed by atoms with E-state index in [2.05, 4.69) is 14.9 Å². The van der Waals surface area contributed by atoms with Crippen LogP contribution in [0, 0.1) is 5.92 Å². The first-order valence-electron chi connectivity index (χ1n) is 6.67. The minimum Gasteiger partial charge on any atom is -0.495 e. The second-order valence-corrected chi connectivity index (χ2v) is 5.84. The molecule has 6 heteroatoms. The molecule has 3 rings (SSSR count). The summed E-state index contributed by atoms with van der Waals surface area (Å²) in [6.45, 7) is 1.67. The molecule has 1 aliphatic rings. The zero-order valence-corrected chi connectivity index (χ0v) is 12.2. The fourth-order valence-corrected chi connectivity index (χ4v) is 3.31. The maximum absolute atomic E-state index is 12.1. The molecule has 2 aromatic rings. The quantitative estimate of drug-likeness (QED) is 0.936. The SMILES string of the molecule is COc1ccsc1C(=O)NC[C@@H]1CCn2ccnc2C1. The molecule has 0 spiro atoms. The molecule has 1 aliphatic heterocycles. The van der Waals surface area contributed by atoms with E-state index in [0.29, 0.717) is 23.1 Å². The van der Waals surface area contributed by atoms with Gasteiger partial charge < -0.3 is 14.6 Å². The zero-order chi connectivity index (χ0) is 13.9. The van der Waals surface area contributed by atoms with Crippen molar-refractivity contribution < 1.29 is 9.53 Å². The molecule has 106 valence electrons. The highest BCUT2D eigenvalue weighted by atomic mass is 32.1. The molecule has 1 atom stereocenters. The topological polar surface area (TPSA) is 56.1 Å². The molecule has 0 aliphatic carbocycles. The average Bonchev–Trinajstić information content (AvgIpc) is 3.12. The zero-order valence-electron chi connectivity index (χ0n) is 11.3. The standard InChI is InChI=1S/C14H17N3O2S/c1-19-11-3-7-20-13(11)14(18)16-9-10-2-5-17-6-4-15-12(17)8-10/h3-4,6-7,10H,2,5,8-9H2,1H3,(H,16,18)/t10-/m1/s1. The van der Waals surface area contributed by atoms with Gasteiger partial charge in [-0.3, -0.25) is 4.79 Å². The molecule has 0 saturated heterocycles. The van der Waals surface area contributed by atoms with E-state index < -0.39 is 0 Å². The Bertz CT molecular complexity index is 605. The number of carbonyl (C=O) groups is 1. The van der Waals surface area contributed by atoms with Gasteiger partial charge >= 0.3 is 0 Å². The van der Waals surface area contributed by atoms with Crippen LogP contribution in [0.25, 0.3) is 0 Å². The van der Waals surface area contributed by atoms with Crippen LogP contribution in [-0.4, -0.2) is 29.1 Å². The molecule has 2 aromatic heterocycles. The van der Waals surface area contributed by atoms with Gasteiger partial charge in [0.2, 0.25) is 0 Å². The van der Waals surface area contributed by atoms with Crippen LogP contribution >= 0.6 is 11.3 Å². The number of fused-ring (bicyclic) bond motifs is 1. The first kappa shape index (κ1) is 13.2. The molecule has 5 nitrogen and oxygen atoms in total. The highest BCUT2D eigenvalue weighted by molar-refractivity contribution is 7.12. The molecule has 0 bridgehead atoms. The number of rotatable bonds is 4. The summed E-state index contributed by atoms with van der Waals surface area (Å²) in [6, 6.07) is 1.82. The Morgan fingerprint density at radius 2 is 2.55 bits per heavy atom. The van der Waals surface area contributed by atoms with Gasteiger partial charge in [-0.2, -0.15) is 0 Å². The van der Waals surface area contributed by atoms with Gasteiger partial charge in [0, 0.05) is 31.9 Å². The number of aromatic nitrogens is 2. The van der Waals surface area contributed by atoms with Crippen LogP contribution in [0.1, 0.15) is 21.9 Å². The Morgan fingerprint density at radius 1 is 1.65 bits per heavy atom. The van der Waals surface area contributed by atoms with Crippen molar-refractivity contribution in [2.75, 3.05) is 13.7 Å². The summed E-state index contributed by atoms with van der Waals surface area (Å²) in [6.07, 6.45) is 5.85. The number of imidazole rings is 1. The number of nitrogens with one attached hydrogen (secondary N) is 1. The lowest BCUT2D eigenvalue weighted by Crippen LogP contribution is -2.33. The molecule has 0 fully saturated rings. The summed E-state index contributed by atoms with van der Waals surface area (Å²) in [5.74, 6) is 2.17. The van der Waals surface area contributed by atoms with E-state index in [0.717, 1.165) is 25.2 Å². The number of carbonyl (C=O) groups excluding carboxylic acids is 1. The number of thiophene rings is 1. The minimum absolute atomic E-state index is 0.0502. The number of nitrogens with zero attached hydrogens (tertiary/aromatic N) is 2. The van der Waals surface area contributed by atoms with Crippen molar-refractivity contribution in [2.24, 2.45) is 5.92 Å². The smallest absolute Gasteiger partial charge is 0.265 e. The van der Waals surface area contributed by atoms with E-state index in [1.54, 1.807) is 7.11 Å². The molecule has 0 aromatic carbocycles. The van der Waals surface area contributed by atoms with Gasteiger partial charge in [0.1, 0.15) is 16.5 Å². The maximum Gasteiger partial charge on any atom is 0.265 e. The molecule has 1 amide bonds. The third kappa shape index (κ3) is 2.56. The monoisotopic (exact) mass is 291 g/mol. The van der Waals surface area contributed by atoms with Crippen molar-refractivity contribution in [1.82, 2.24) is 14.9 Å².